The van der Waals surface area contributed by atoms with E-state index in [4.69, 9.17) is 17.3 Å². The summed E-state index contributed by atoms with van der Waals surface area (Å²) in [6, 6.07) is 6.76. The van der Waals surface area contributed by atoms with Crippen molar-refractivity contribution in [3.8, 4) is 0 Å². The summed E-state index contributed by atoms with van der Waals surface area (Å²) < 4.78 is 0. The molecule has 0 bridgehead atoms. The molecule has 6 nitrogen and oxygen atoms in total. The Kier molecular flexibility index (Phi) is 8.01. The highest BCUT2D eigenvalue weighted by Gasteiger charge is 2.25. The van der Waals surface area contributed by atoms with Gasteiger partial charge < -0.3 is 21.7 Å². The van der Waals surface area contributed by atoms with Gasteiger partial charge >= 0.3 is 6.03 Å². The second kappa shape index (κ2) is 9.49. The summed E-state index contributed by atoms with van der Waals surface area (Å²) in [6.07, 6.45) is 0.776. The summed E-state index contributed by atoms with van der Waals surface area (Å²) in [6.45, 7) is 6.66. The zero-order chi connectivity index (χ0) is 18.2. The van der Waals surface area contributed by atoms with E-state index in [0.29, 0.717) is 24.0 Å². The van der Waals surface area contributed by atoms with Crippen molar-refractivity contribution < 1.29 is 9.59 Å². The fourth-order valence-electron chi connectivity index (χ4n) is 2.47. The van der Waals surface area contributed by atoms with Gasteiger partial charge in [-0.1, -0.05) is 37.6 Å². The summed E-state index contributed by atoms with van der Waals surface area (Å²) in [5.41, 5.74) is 6.22. The molecule has 7 heteroatoms. The topological polar surface area (TPSA) is 96.2 Å². The molecule has 24 heavy (non-hydrogen) atoms. The smallest absolute Gasteiger partial charge is 0.315 e. The van der Waals surface area contributed by atoms with E-state index in [1.54, 1.807) is 12.1 Å². The largest absolute Gasteiger partial charge is 0.348 e. The van der Waals surface area contributed by atoms with Gasteiger partial charge in [-0.2, -0.15) is 0 Å². The van der Waals surface area contributed by atoms with Gasteiger partial charge in [-0.05, 0) is 37.0 Å². The van der Waals surface area contributed by atoms with Crippen LogP contribution in [-0.4, -0.2) is 30.6 Å². The lowest BCUT2D eigenvalue weighted by Gasteiger charge is -2.31. The Bertz CT molecular complexity index is 548. The van der Waals surface area contributed by atoms with Gasteiger partial charge in [0.25, 0.3) is 0 Å². The minimum Gasteiger partial charge on any atom is -0.348 e. The van der Waals surface area contributed by atoms with E-state index >= 15 is 0 Å². The zero-order valence-electron chi connectivity index (χ0n) is 14.5. The molecule has 0 saturated heterocycles. The van der Waals surface area contributed by atoms with Gasteiger partial charge in [-0.25, -0.2) is 4.79 Å². The van der Waals surface area contributed by atoms with Gasteiger partial charge in [-0.3, -0.25) is 4.79 Å². The lowest BCUT2D eigenvalue weighted by molar-refractivity contribution is -0.121. The summed E-state index contributed by atoms with van der Waals surface area (Å²) in [5, 5.41) is 8.75. The Hall–Kier alpha value is -1.79. The molecule has 134 valence electrons. The van der Waals surface area contributed by atoms with Crippen molar-refractivity contribution in [2.45, 2.75) is 39.3 Å². The molecule has 1 aromatic rings. The van der Waals surface area contributed by atoms with Gasteiger partial charge in [0.05, 0.1) is 6.54 Å². The van der Waals surface area contributed by atoms with E-state index in [-0.39, 0.29) is 12.5 Å². The Morgan fingerprint density at radius 2 is 1.83 bits per heavy atom. The van der Waals surface area contributed by atoms with Crippen LogP contribution in [0.1, 0.15) is 32.8 Å². The van der Waals surface area contributed by atoms with Crippen LogP contribution in [0.3, 0.4) is 0 Å². The van der Waals surface area contributed by atoms with Crippen LogP contribution in [-0.2, 0) is 11.3 Å². The molecular formula is C17H27ClN4O2. The van der Waals surface area contributed by atoms with Crippen LogP contribution < -0.4 is 21.7 Å². The van der Waals surface area contributed by atoms with Crippen LogP contribution >= 0.6 is 11.6 Å². The van der Waals surface area contributed by atoms with Crippen LogP contribution in [0.25, 0.3) is 0 Å². The molecule has 1 aromatic carbocycles. The Balaban J connectivity index is 2.35. The van der Waals surface area contributed by atoms with Crippen molar-refractivity contribution in [1.82, 2.24) is 16.0 Å². The van der Waals surface area contributed by atoms with E-state index in [1.807, 2.05) is 19.1 Å². The number of carbonyl (C=O) groups excluding carboxylic acids is 2. The maximum Gasteiger partial charge on any atom is 0.315 e. The Morgan fingerprint density at radius 3 is 2.38 bits per heavy atom. The first kappa shape index (κ1) is 20.3. The predicted molar refractivity (Wildman–Crippen MR) is 96.7 cm³/mol. The van der Waals surface area contributed by atoms with Crippen molar-refractivity contribution in [2.75, 3.05) is 13.1 Å². The SMILES string of the molecule is CC(C)CC(C)(CN)NC(=O)CNC(=O)NCc1ccc(Cl)cc1. The standard InChI is InChI=1S/C17H27ClN4O2/c1-12(2)8-17(3,11-19)22-15(23)10-21-16(24)20-9-13-4-6-14(18)7-5-13/h4-7,12H,8-11,19H2,1-3H3,(H,22,23)(H2,20,21,24). The lowest BCUT2D eigenvalue weighted by atomic mass is 9.91. The molecule has 0 aliphatic heterocycles. The molecule has 5 N–H and O–H groups in total. The molecular weight excluding hydrogens is 328 g/mol. The van der Waals surface area contributed by atoms with Gasteiger partial charge in [0.15, 0.2) is 0 Å². The first-order valence-electron chi connectivity index (χ1n) is 8.01. The van der Waals surface area contributed by atoms with Gasteiger partial charge in [0, 0.05) is 23.7 Å². The van der Waals surface area contributed by atoms with Crippen molar-refractivity contribution in [3.63, 3.8) is 0 Å². The number of urea groups is 1. The first-order valence-corrected chi connectivity index (χ1v) is 8.39. The quantitative estimate of drug-likeness (QED) is 0.575. The van der Waals surface area contributed by atoms with Crippen LogP contribution in [0, 0.1) is 5.92 Å². The van der Waals surface area contributed by atoms with Gasteiger partial charge in [0.2, 0.25) is 5.91 Å². The van der Waals surface area contributed by atoms with Crippen molar-refractivity contribution in [2.24, 2.45) is 11.7 Å². The number of amides is 3. The second-order valence-electron chi connectivity index (χ2n) is 6.57. The zero-order valence-corrected chi connectivity index (χ0v) is 15.2. The number of hydrogen-bond donors (Lipinski definition) is 4. The number of hydrogen-bond acceptors (Lipinski definition) is 3. The van der Waals surface area contributed by atoms with E-state index in [2.05, 4.69) is 29.8 Å². The number of benzene rings is 1. The number of nitrogens with two attached hydrogens (primary N) is 1. The van der Waals surface area contributed by atoms with E-state index < -0.39 is 11.6 Å². The minimum atomic E-state index is -0.466. The molecule has 0 aromatic heterocycles. The highest BCUT2D eigenvalue weighted by molar-refractivity contribution is 6.30. The average molecular weight is 355 g/mol. The molecule has 1 atom stereocenters. The summed E-state index contributed by atoms with van der Waals surface area (Å²) in [7, 11) is 0. The summed E-state index contributed by atoms with van der Waals surface area (Å²) >= 11 is 5.80. The average Bonchev–Trinajstić information content (AvgIpc) is 2.51. The summed E-state index contributed by atoms with van der Waals surface area (Å²) in [4.78, 5) is 23.7. The minimum absolute atomic E-state index is 0.0971. The normalized spacial score (nSPS) is 13.2. The lowest BCUT2D eigenvalue weighted by Crippen LogP contribution is -2.54. The van der Waals surface area contributed by atoms with Crippen LogP contribution in [0.15, 0.2) is 24.3 Å². The fraction of sp³-hybridized carbons (Fsp3) is 0.529. The number of halogens is 1. The first-order chi connectivity index (χ1) is 11.2. The molecule has 0 radical (unpaired) electrons. The number of rotatable bonds is 8. The molecule has 1 rings (SSSR count). The van der Waals surface area contributed by atoms with Crippen LogP contribution in [0.5, 0.6) is 0 Å². The van der Waals surface area contributed by atoms with Crippen molar-refractivity contribution in [1.29, 1.82) is 0 Å². The van der Waals surface area contributed by atoms with Crippen molar-refractivity contribution in [3.05, 3.63) is 34.9 Å². The van der Waals surface area contributed by atoms with E-state index in [0.717, 1.165) is 12.0 Å². The molecule has 0 aliphatic rings. The Labute approximate surface area is 148 Å². The number of carbonyl (C=O) groups is 2. The summed E-state index contributed by atoms with van der Waals surface area (Å²) in [5.74, 6) is 0.153. The van der Waals surface area contributed by atoms with Crippen LogP contribution in [0.2, 0.25) is 5.02 Å². The molecule has 0 spiro atoms. The molecule has 1 unspecified atom stereocenters. The molecule has 0 heterocycles. The second-order valence-corrected chi connectivity index (χ2v) is 7.01. The third kappa shape index (κ3) is 7.66. The van der Waals surface area contributed by atoms with E-state index in [9.17, 15) is 9.59 Å². The maximum absolute atomic E-state index is 12.0. The van der Waals surface area contributed by atoms with Gasteiger partial charge in [-0.15, -0.1) is 0 Å². The highest BCUT2D eigenvalue weighted by Crippen LogP contribution is 2.14. The highest BCUT2D eigenvalue weighted by atomic mass is 35.5. The molecule has 0 fully saturated rings. The Morgan fingerprint density at radius 1 is 1.21 bits per heavy atom. The maximum atomic E-state index is 12.0. The van der Waals surface area contributed by atoms with Crippen molar-refractivity contribution >= 4 is 23.5 Å². The monoisotopic (exact) mass is 354 g/mol. The van der Waals surface area contributed by atoms with E-state index in [1.165, 1.54) is 0 Å². The van der Waals surface area contributed by atoms with Gasteiger partial charge in [0.1, 0.15) is 0 Å². The number of nitrogens with one attached hydrogen (secondary N) is 3. The molecule has 3 amide bonds. The predicted octanol–water partition coefficient (Wildman–Crippen LogP) is 2.02. The third-order valence-corrected chi connectivity index (χ3v) is 3.78. The molecule has 0 aliphatic carbocycles. The molecule has 0 saturated carbocycles. The fourth-order valence-corrected chi connectivity index (χ4v) is 2.60. The van der Waals surface area contributed by atoms with Crippen LogP contribution in [0.4, 0.5) is 4.79 Å². The third-order valence-electron chi connectivity index (χ3n) is 3.53.